The molecule has 0 spiro atoms. The van der Waals surface area contributed by atoms with Crippen molar-refractivity contribution in [3.63, 3.8) is 0 Å². The molecule has 1 aromatic heterocycles. The molecule has 0 unspecified atom stereocenters. The van der Waals surface area contributed by atoms with Crippen molar-refractivity contribution < 1.29 is 14.3 Å². The number of carboxylic acid groups (broad SMARTS) is 1. The number of hydrogen-bond acceptors (Lipinski definition) is 4. The standard InChI is InChI=1S/C12H10FN3O2/c13-9-3-1-2-8-10(9)14-6-15-11(8)16-4-7(5-16)12(17)18/h1-3,6-7H,4-5H2,(H,17,18). The Bertz CT molecular complexity index is 626. The highest BCUT2D eigenvalue weighted by Crippen LogP contribution is 2.29. The third-order valence-electron chi connectivity index (χ3n) is 3.12. The van der Waals surface area contributed by atoms with Crippen LogP contribution >= 0.6 is 0 Å². The van der Waals surface area contributed by atoms with Crippen molar-refractivity contribution in [1.82, 2.24) is 9.97 Å². The highest BCUT2D eigenvalue weighted by Gasteiger charge is 2.34. The lowest BCUT2D eigenvalue weighted by molar-refractivity contribution is -0.142. The number of benzene rings is 1. The summed E-state index contributed by atoms with van der Waals surface area (Å²) in [5, 5.41) is 9.45. The number of carboxylic acids is 1. The van der Waals surface area contributed by atoms with Crippen LogP contribution < -0.4 is 4.90 Å². The molecule has 1 N–H and O–H groups in total. The van der Waals surface area contributed by atoms with E-state index in [1.54, 1.807) is 12.1 Å². The minimum absolute atomic E-state index is 0.265. The molecule has 3 rings (SSSR count). The first-order valence-electron chi connectivity index (χ1n) is 5.54. The summed E-state index contributed by atoms with van der Waals surface area (Å²) in [6.45, 7) is 0.802. The van der Waals surface area contributed by atoms with Crippen LogP contribution in [0.4, 0.5) is 10.2 Å². The zero-order chi connectivity index (χ0) is 12.7. The fourth-order valence-electron chi connectivity index (χ4n) is 2.10. The molecule has 1 saturated heterocycles. The Morgan fingerprint density at radius 2 is 2.17 bits per heavy atom. The van der Waals surface area contributed by atoms with Crippen molar-refractivity contribution >= 4 is 22.7 Å². The summed E-state index contributed by atoms with van der Waals surface area (Å²) in [6, 6.07) is 4.68. The quantitative estimate of drug-likeness (QED) is 0.866. The average Bonchev–Trinajstić information content (AvgIpc) is 2.28. The Morgan fingerprint density at radius 1 is 1.39 bits per heavy atom. The Morgan fingerprint density at radius 3 is 2.89 bits per heavy atom. The van der Waals surface area contributed by atoms with Crippen LogP contribution in [-0.4, -0.2) is 34.1 Å². The Kier molecular flexibility index (Phi) is 2.36. The number of aliphatic carboxylic acids is 1. The normalized spacial score (nSPS) is 15.7. The zero-order valence-electron chi connectivity index (χ0n) is 9.38. The number of rotatable bonds is 2. The maximum atomic E-state index is 13.6. The van der Waals surface area contributed by atoms with E-state index in [0.717, 1.165) is 0 Å². The summed E-state index contributed by atoms with van der Waals surface area (Å²) in [5.41, 5.74) is 0.265. The lowest BCUT2D eigenvalue weighted by Crippen LogP contribution is -2.50. The molecule has 0 radical (unpaired) electrons. The van der Waals surface area contributed by atoms with Gasteiger partial charge in [-0.1, -0.05) is 6.07 Å². The minimum atomic E-state index is -0.809. The summed E-state index contributed by atoms with van der Waals surface area (Å²) in [7, 11) is 0. The van der Waals surface area contributed by atoms with Gasteiger partial charge < -0.3 is 10.0 Å². The molecule has 0 atom stereocenters. The van der Waals surface area contributed by atoms with Crippen LogP contribution in [0, 0.1) is 11.7 Å². The Hall–Kier alpha value is -2.24. The molecule has 6 heteroatoms. The molecular weight excluding hydrogens is 237 g/mol. The van der Waals surface area contributed by atoms with Crippen molar-refractivity contribution in [3.05, 3.63) is 30.3 Å². The summed E-state index contributed by atoms with van der Waals surface area (Å²) < 4.78 is 13.6. The van der Waals surface area contributed by atoms with Crippen molar-refractivity contribution in [3.8, 4) is 0 Å². The fourth-order valence-corrected chi connectivity index (χ4v) is 2.10. The molecule has 1 aromatic carbocycles. The molecule has 92 valence electrons. The maximum absolute atomic E-state index is 13.6. The van der Waals surface area contributed by atoms with Gasteiger partial charge in [-0.15, -0.1) is 0 Å². The number of para-hydroxylation sites is 1. The lowest BCUT2D eigenvalue weighted by atomic mass is 10.00. The number of halogens is 1. The monoisotopic (exact) mass is 247 g/mol. The van der Waals surface area contributed by atoms with E-state index in [-0.39, 0.29) is 11.4 Å². The molecule has 1 aliphatic heterocycles. The Labute approximate surface area is 102 Å². The third kappa shape index (κ3) is 1.57. The van der Waals surface area contributed by atoms with Crippen molar-refractivity contribution in [2.75, 3.05) is 18.0 Å². The first-order chi connectivity index (χ1) is 8.66. The van der Waals surface area contributed by atoms with Gasteiger partial charge in [-0.05, 0) is 12.1 Å². The minimum Gasteiger partial charge on any atom is -0.481 e. The molecule has 1 fully saturated rings. The van der Waals surface area contributed by atoms with Crippen LogP contribution in [0.5, 0.6) is 0 Å². The second kappa shape index (κ2) is 3.90. The van der Waals surface area contributed by atoms with Crippen molar-refractivity contribution in [2.24, 2.45) is 5.92 Å². The summed E-state index contributed by atoms with van der Waals surface area (Å²) in [4.78, 5) is 20.6. The third-order valence-corrected chi connectivity index (χ3v) is 3.12. The number of aromatic nitrogens is 2. The molecule has 0 aliphatic carbocycles. The van der Waals surface area contributed by atoms with E-state index in [1.807, 2.05) is 4.90 Å². The van der Waals surface area contributed by atoms with Gasteiger partial charge in [0.25, 0.3) is 0 Å². The van der Waals surface area contributed by atoms with E-state index in [4.69, 9.17) is 5.11 Å². The summed E-state index contributed by atoms with van der Waals surface area (Å²) in [6.07, 6.45) is 1.30. The molecule has 5 nitrogen and oxygen atoms in total. The molecule has 2 heterocycles. The van der Waals surface area contributed by atoms with E-state index >= 15 is 0 Å². The number of hydrogen-bond donors (Lipinski definition) is 1. The largest absolute Gasteiger partial charge is 0.481 e. The second-order valence-electron chi connectivity index (χ2n) is 4.27. The summed E-state index contributed by atoms with van der Waals surface area (Å²) in [5.74, 6) is -0.983. The zero-order valence-corrected chi connectivity index (χ0v) is 9.38. The smallest absolute Gasteiger partial charge is 0.310 e. The van der Waals surface area contributed by atoms with Gasteiger partial charge in [0.2, 0.25) is 0 Å². The number of anilines is 1. The van der Waals surface area contributed by atoms with Gasteiger partial charge >= 0.3 is 5.97 Å². The van der Waals surface area contributed by atoms with Gasteiger partial charge in [0.1, 0.15) is 23.5 Å². The second-order valence-corrected chi connectivity index (χ2v) is 4.27. The van der Waals surface area contributed by atoms with Crippen LogP contribution in [0.1, 0.15) is 0 Å². The first-order valence-corrected chi connectivity index (χ1v) is 5.54. The molecule has 0 saturated carbocycles. The maximum Gasteiger partial charge on any atom is 0.310 e. The van der Waals surface area contributed by atoms with E-state index in [0.29, 0.717) is 24.3 Å². The van der Waals surface area contributed by atoms with Crippen molar-refractivity contribution in [1.29, 1.82) is 0 Å². The number of fused-ring (bicyclic) bond motifs is 1. The molecular formula is C12H10FN3O2. The fraction of sp³-hybridized carbons (Fsp3) is 0.250. The predicted octanol–water partition coefficient (Wildman–Crippen LogP) is 1.29. The summed E-state index contributed by atoms with van der Waals surface area (Å²) >= 11 is 0. The molecule has 18 heavy (non-hydrogen) atoms. The number of nitrogens with zero attached hydrogens (tertiary/aromatic N) is 3. The predicted molar refractivity (Wildman–Crippen MR) is 62.8 cm³/mol. The van der Waals surface area contributed by atoms with Crippen molar-refractivity contribution in [2.45, 2.75) is 0 Å². The lowest BCUT2D eigenvalue weighted by Gasteiger charge is -2.37. The van der Waals surface area contributed by atoms with Gasteiger partial charge in [0, 0.05) is 18.5 Å². The number of carbonyl (C=O) groups is 1. The van der Waals surface area contributed by atoms with Crippen LogP contribution in [0.15, 0.2) is 24.5 Å². The topological polar surface area (TPSA) is 66.3 Å². The van der Waals surface area contributed by atoms with Gasteiger partial charge in [-0.25, -0.2) is 14.4 Å². The molecule has 2 aromatic rings. The molecule has 0 bridgehead atoms. The highest BCUT2D eigenvalue weighted by molar-refractivity contribution is 5.90. The van der Waals surface area contributed by atoms with Crippen LogP contribution in [0.25, 0.3) is 10.9 Å². The Balaban J connectivity index is 1.99. The van der Waals surface area contributed by atoms with Crippen LogP contribution in [0.2, 0.25) is 0 Å². The first kappa shape index (κ1) is 10.9. The highest BCUT2D eigenvalue weighted by atomic mass is 19.1. The van der Waals surface area contributed by atoms with E-state index < -0.39 is 11.8 Å². The van der Waals surface area contributed by atoms with Gasteiger partial charge in [-0.2, -0.15) is 0 Å². The van der Waals surface area contributed by atoms with E-state index in [1.165, 1.54) is 12.4 Å². The molecule has 1 aliphatic rings. The SMILES string of the molecule is O=C(O)C1CN(c2ncnc3c(F)cccc23)C1. The van der Waals surface area contributed by atoms with Crippen LogP contribution in [0.3, 0.4) is 0 Å². The van der Waals surface area contributed by atoms with E-state index in [2.05, 4.69) is 9.97 Å². The van der Waals surface area contributed by atoms with Gasteiger partial charge in [0.15, 0.2) is 0 Å². The van der Waals surface area contributed by atoms with Gasteiger partial charge in [0.05, 0.1) is 5.92 Å². The van der Waals surface area contributed by atoms with E-state index in [9.17, 15) is 9.18 Å². The molecule has 0 amide bonds. The average molecular weight is 247 g/mol. The van der Waals surface area contributed by atoms with Crippen LogP contribution in [-0.2, 0) is 4.79 Å². The van der Waals surface area contributed by atoms with Gasteiger partial charge in [-0.3, -0.25) is 4.79 Å².